The van der Waals surface area contributed by atoms with Crippen LogP contribution in [0, 0.1) is 17.2 Å². The first-order valence-corrected chi connectivity index (χ1v) is 14.7. The van der Waals surface area contributed by atoms with E-state index in [0.717, 1.165) is 62.2 Å². The van der Waals surface area contributed by atoms with E-state index in [2.05, 4.69) is 11.8 Å². The van der Waals surface area contributed by atoms with Crippen molar-refractivity contribution in [1.29, 1.82) is 0 Å². The van der Waals surface area contributed by atoms with Gasteiger partial charge in [-0.25, -0.2) is 4.39 Å². The highest BCUT2D eigenvalue weighted by Crippen LogP contribution is 2.45. The van der Waals surface area contributed by atoms with Crippen molar-refractivity contribution < 1.29 is 37.0 Å². The Labute approximate surface area is 254 Å². The zero-order valence-corrected chi connectivity index (χ0v) is 25.6. The van der Waals surface area contributed by atoms with Gasteiger partial charge in [-0.2, -0.15) is 13.2 Å². The van der Waals surface area contributed by atoms with Crippen molar-refractivity contribution in [2.75, 3.05) is 52.3 Å². The van der Waals surface area contributed by atoms with Crippen LogP contribution in [0.25, 0.3) is 0 Å². The van der Waals surface area contributed by atoms with Crippen molar-refractivity contribution in [1.82, 2.24) is 9.80 Å². The molecule has 2 aliphatic heterocycles. The van der Waals surface area contributed by atoms with Gasteiger partial charge in [0.2, 0.25) is 0 Å². The molecule has 2 amide bonds. The third-order valence-corrected chi connectivity index (χ3v) is 9.17. The highest BCUT2D eigenvalue weighted by atomic mass is 35.5. The molecule has 0 radical (unpaired) electrons. The van der Waals surface area contributed by atoms with E-state index >= 15 is 0 Å². The lowest BCUT2D eigenvalue weighted by Gasteiger charge is -2.45. The van der Waals surface area contributed by atoms with Gasteiger partial charge in [0, 0.05) is 57.6 Å². The zero-order chi connectivity index (χ0) is 31.7. The number of amides is 2. The zero-order valence-electron chi connectivity index (χ0n) is 24.8. The molecule has 236 valence electrons. The van der Waals surface area contributed by atoms with Crippen molar-refractivity contribution >= 4 is 29.1 Å². The maximum Gasteiger partial charge on any atom is 0.430 e. The second-order valence-electron chi connectivity index (χ2n) is 12.2. The van der Waals surface area contributed by atoms with E-state index in [0.29, 0.717) is 35.4 Å². The molecule has 1 N–H and O–H groups in total. The van der Waals surface area contributed by atoms with E-state index in [9.17, 15) is 32.3 Å². The molecule has 2 aromatic rings. The van der Waals surface area contributed by atoms with Gasteiger partial charge in [0.05, 0.1) is 17.7 Å². The summed E-state index contributed by atoms with van der Waals surface area (Å²) in [5, 5.41) is 11.2. The molecule has 2 saturated heterocycles. The number of nitrogens with zero attached hydrogens (tertiary/aromatic N) is 3. The number of piperidine rings is 2. The highest BCUT2D eigenvalue weighted by Gasteiger charge is 2.62. The second kappa shape index (κ2) is 12.5. The quantitative estimate of drug-likeness (QED) is 0.389. The van der Waals surface area contributed by atoms with Crippen LogP contribution in [0.4, 0.5) is 23.2 Å². The Morgan fingerprint density at radius 2 is 1.70 bits per heavy atom. The molecule has 2 fully saturated rings. The Morgan fingerprint density at radius 3 is 2.23 bits per heavy atom. The molecular weight excluding hydrogens is 590 g/mol. The molecule has 2 aromatic carbocycles. The lowest BCUT2D eigenvalue weighted by Crippen LogP contribution is -2.57. The van der Waals surface area contributed by atoms with Crippen LogP contribution in [0.15, 0.2) is 36.4 Å². The van der Waals surface area contributed by atoms with Gasteiger partial charge in [0.25, 0.3) is 17.4 Å². The van der Waals surface area contributed by atoms with Crippen LogP contribution in [0.3, 0.4) is 0 Å². The number of hydrogen-bond acceptors (Lipinski definition) is 5. The molecular formula is C31H38ClF4N3O4. The topological polar surface area (TPSA) is 73.3 Å². The number of methoxy groups -OCH3 is 1. The molecule has 0 unspecified atom stereocenters. The van der Waals surface area contributed by atoms with Crippen molar-refractivity contribution in [3.05, 3.63) is 58.4 Å². The van der Waals surface area contributed by atoms with E-state index < -0.39 is 29.1 Å². The first-order valence-electron chi connectivity index (χ1n) is 14.3. The van der Waals surface area contributed by atoms with E-state index in [1.165, 1.54) is 4.90 Å². The van der Waals surface area contributed by atoms with Crippen molar-refractivity contribution in [2.45, 2.75) is 50.8 Å². The van der Waals surface area contributed by atoms with Crippen molar-refractivity contribution in [2.24, 2.45) is 11.3 Å². The molecule has 0 bridgehead atoms. The number of anilines is 1. The van der Waals surface area contributed by atoms with E-state index in [4.69, 9.17) is 16.3 Å². The number of alkyl halides is 3. The number of rotatable bonds is 7. The summed E-state index contributed by atoms with van der Waals surface area (Å²) in [7, 11) is 4.50. The van der Waals surface area contributed by atoms with Crippen LogP contribution in [-0.2, 0) is 10.4 Å². The Morgan fingerprint density at radius 1 is 1.07 bits per heavy atom. The lowest BCUT2D eigenvalue weighted by molar-refractivity contribution is -0.262. The van der Waals surface area contributed by atoms with Gasteiger partial charge in [-0.3, -0.25) is 9.59 Å². The van der Waals surface area contributed by atoms with Crippen LogP contribution in [0.2, 0.25) is 5.02 Å². The third-order valence-electron chi connectivity index (χ3n) is 8.85. The molecule has 12 heteroatoms. The lowest BCUT2D eigenvalue weighted by atomic mass is 9.71. The predicted molar refractivity (Wildman–Crippen MR) is 156 cm³/mol. The number of hydrogen-bond donors (Lipinski definition) is 1. The monoisotopic (exact) mass is 627 g/mol. The molecule has 7 nitrogen and oxygen atoms in total. The van der Waals surface area contributed by atoms with Gasteiger partial charge in [-0.15, -0.1) is 0 Å². The van der Waals surface area contributed by atoms with Crippen LogP contribution in [-0.4, -0.2) is 80.3 Å². The van der Waals surface area contributed by atoms with Gasteiger partial charge in [-0.05, 0) is 73.8 Å². The Kier molecular flexibility index (Phi) is 9.56. The molecule has 0 saturated carbocycles. The summed E-state index contributed by atoms with van der Waals surface area (Å²) < 4.78 is 61.5. The average Bonchev–Trinajstić information content (AvgIpc) is 2.95. The average molecular weight is 628 g/mol. The smallest absolute Gasteiger partial charge is 0.430 e. The number of likely N-dealkylation sites (tertiary alicyclic amines) is 1. The standard InChI is InChI=1S/C31H38ClF4N3O4/c1-29(19-20-7-11-38(12-8-20)23-5-6-25(26(32)18-23)27(40)37(2)3)9-13-39(14-10-29)28(41)30(42,31(34,35)36)21-15-22(33)17-24(16-21)43-4/h5-6,15-18,20,42H,7-14,19H2,1-4H3/t30-/m1/s1. The molecule has 0 spiro atoms. The fourth-order valence-corrected chi connectivity index (χ4v) is 6.44. The third kappa shape index (κ3) is 6.87. The van der Waals surface area contributed by atoms with Gasteiger partial charge in [0.15, 0.2) is 0 Å². The normalized spacial score (nSPS) is 19.1. The van der Waals surface area contributed by atoms with Gasteiger partial charge >= 0.3 is 6.18 Å². The largest absolute Gasteiger partial charge is 0.497 e. The molecule has 2 aliphatic rings. The summed E-state index contributed by atoms with van der Waals surface area (Å²) in [6, 6.07) is 7.68. The predicted octanol–water partition coefficient (Wildman–Crippen LogP) is 5.87. The van der Waals surface area contributed by atoms with Crippen LogP contribution in [0.5, 0.6) is 5.75 Å². The maximum absolute atomic E-state index is 14.2. The summed E-state index contributed by atoms with van der Waals surface area (Å²) in [5.41, 5.74) is -3.59. The Bertz CT molecular complexity index is 1340. The van der Waals surface area contributed by atoms with E-state index in [1.807, 2.05) is 12.1 Å². The van der Waals surface area contributed by atoms with Crippen LogP contribution in [0.1, 0.15) is 54.9 Å². The summed E-state index contributed by atoms with van der Waals surface area (Å²) in [6.07, 6.45) is -1.70. The summed E-state index contributed by atoms with van der Waals surface area (Å²) >= 11 is 6.40. The molecule has 1 atom stereocenters. The van der Waals surface area contributed by atoms with Crippen LogP contribution < -0.4 is 9.64 Å². The number of aliphatic hydroxyl groups is 1. The van der Waals surface area contributed by atoms with E-state index in [1.54, 1.807) is 20.2 Å². The minimum atomic E-state index is -5.37. The maximum atomic E-state index is 14.2. The minimum Gasteiger partial charge on any atom is -0.497 e. The van der Waals surface area contributed by atoms with Gasteiger partial charge in [-0.1, -0.05) is 18.5 Å². The molecule has 2 heterocycles. The van der Waals surface area contributed by atoms with E-state index in [-0.39, 0.29) is 30.2 Å². The molecule has 4 rings (SSSR count). The fraction of sp³-hybridized carbons (Fsp3) is 0.548. The minimum absolute atomic E-state index is 0.0511. The molecule has 0 aliphatic carbocycles. The Hall–Kier alpha value is -3.05. The first kappa shape index (κ1) is 32.9. The number of carbonyl (C=O) groups is 2. The van der Waals surface area contributed by atoms with Crippen molar-refractivity contribution in [3.8, 4) is 5.75 Å². The first-order chi connectivity index (χ1) is 20.1. The summed E-state index contributed by atoms with van der Waals surface area (Å²) in [4.78, 5) is 30.3. The number of halogens is 5. The van der Waals surface area contributed by atoms with Crippen molar-refractivity contribution in [3.63, 3.8) is 0 Å². The second-order valence-corrected chi connectivity index (χ2v) is 12.6. The number of benzene rings is 2. The molecule has 43 heavy (non-hydrogen) atoms. The van der Waals surface area contributed by atoms with Gasteiger partial charge in [0.1, 0.15) is 11.6 Å². The summed E-state index contributed by atoms with van der Waals surface area (Å²) in [5.74, 6) is -2.56. The highest BCUT2D eigenvalue weighted by molar-refractivity contribution is 6.34. The molecule has 0 aromatic heterocycles. The number of ether oxygens (including phenoxy) is 1. The SMILES string of the molecule is COc1cc(F)cc([C@@](O)(C(=O)N2CCC(C)(CC3CCN(c4ccc(C(=O)N(C)C)c(Cl)c4)CC3)CC2)C(F)(F)F)c1. The van der Waals surface area contributed by atoms with Gasteiger partial charge < -0.3 is 24.5 Å². The number of carbonyl (C=O) groups excluding carboxylic acids is 2. The van der Waals surface area contributed by atoms with Crippen LogP contribution >= 0.6 is 11.6 Å². The fourth-order valence-electron chi connectivity index (χ4n) is 6.19. The Balaban J connectivity index is 1.37. The summed E-state index contributed by atoms with van der Waals surface area (Å²) in [6.45, 7) is 3.80.